The van der Waals surface area contributed by atoms with Crippen LogP contribution in [0.3, 0.4) is 0 Å². The molecule has 0 spiro atoms. The van der Waals surface area contributed by atoms with E-state index in [-0.39, 0.29) is 18.0 Å². The third-order valence-corrected chi connectivity index (χ3v) is 4.88. The number of nitrogens with one attached hydrogen (secondary N) is 1. The number of nitrogens with zero attached hydrogens (tertiary/aromatic N) is 5. The number of amides is 1. The molecule has 0 atom stereocenters. The van der Waals surface area contributed by atoms with Gasteiger partial charge >= 0.3 is 0 Å². The molecule has 0 bridgehead atoms. The number of halogens is 1. The monoisotopic (exact) mass is 452 g/mol. The van der Waals surface area contributed by atoms with Crippen molar-refractivity contribution in [3.8, 4) is 0 Å². The number of fused-ring (bicyclic) bond motifs is 1. The second-order valence-corrected chi connectivity index (χ2v) is 7.37. The molecular formula is C20H17BrN6O2. The molecule has 1 aromatic carbocycles. The third-order valence-electron chi connectivity index (χ3n) is 4.39. The summed E-state index contributed by atoms with van der Waals surface area (Å²) >= 11 is 3.35. The average Bonchev–Trinajstić information content (AvgIpc) is 3.17. The van der Waals surface area contributed by atoms with Gasteiger partial charge in [-0.05, 0) is 42.3 Å². The van der Waals surface area contributed by atoms with Gasteiger partial charge in [0.1, 0.15) is 6.54 Å². The van der Waals surface area contributed by atoms with E-state index in [0.717, 1.165) is 16.5 Å². The fraction of sp³-hybridized carbons (Fsp3) is 0.150. The van der Waals surface area contributed by atoms with Gasteiger partial charge in [0.25, 0.3) is 5.56 Å². The molecular weight excluding hydrogens is 436 g/mol. The predicted octanol–water partition coefficient (Wildman–Crippen LogP) is 2.63. The van der Waals surface area contributed by atoms with E-state index in [1.807, 2.05) is 18.2 Å². The van der Waals surface area contributed by atoms with Gasteiger partial charge in [0.2, 0.25) is 5.91 Å². The lowest BCUT2D eigenvalue weighted by Gasteiger charge is -2.07. The van der Waals surface area contributed by atoms with Crippen LogP contribution in [0.5, 0.6) is 0 Å². The van der Waals surface area contributed by atoms with Crippen molar-refractivity contribution >= 4 is 38.6 Å². The Morgan fingerprint density at radius 2 is 1.97 bits per heavy atom. The van der Waals surface area contributed by atoms with Gasteiger partial charge in [-0.25, -0.2) is 4.98 Å². The van der Waals surface area contributed by atoms with Crippen LogP contribution in [0.15, 0.2) is 70.6 Å². The Hall–Kier alpha value is -3.33. The van der Waals surface area contributed by atoms with Gasteiger partial charge < -0.3 is 5.32 Å². The quantitative estimate of drug-likeness (QED) is 0.485. The molecule has 0 aliphatic heterocycles. The highest BCUT2D eigenvalue weighted by atomic mass is 79.9. The Labute approximate surface area is 174 Å². The molecule has 146 valence electrons. The van der Waals surface area contributed by atoms with Crippen molar-refractivity contribution in [3.05, 3.63) is 81.7 Å². The summed E-state index contributed by atoms with van der Waals surface area (Å²) in [7, 11) is 0. The number of benzene rings is 1. The van der Waals surface area contributed by atoms with Gasteiger partial charge in [-0.1, -0.05) is 15.9 Å². The predicted molar refractivity (Wildman–Crippen MR) is 113 cm³/mol. The van der Waals surface area contributed by atoms with Crippen molar-refractivity contribution < 1.29 is 4.79 Å². The molecule has 0 saturated heterocycles. The topological polar surface area (TPSA) is 94.7 Å². The number of aromatic nitrogens is 5. The number of carbonyl (C=O) groups is 1. The van der Waals surface area contributed by atoms with Crippen molar-refractivity contribution in [2.45, 2.75) is 19.5 Å². The molecule has 8 nitrogen and oxygen atoms in total. The highest BCUT2D eigenvalue weighted by Gasteiger charge is 2.10. The van der Waals surface area contributed by atoms with Crippen molar-refractivity contribution in [1.29, 1.82) is 0 Å². The van der Waals surface area contributed by atoms with E-state index in [9.17, 15) is 9.59 Å². The summed E-state index contributed by atoms with van der Waals surface area (Å²) in [6.07, 6.45) is 7.51. The zero-order chi connectivity index (χ0) is 20.2. The highest BCUT2D eigenvalue weighted by molar-refractivity contribution is 9.10. The lowest BCUT2D eigenvalue weighted by molar-refractivity contribution is -0.116. The van der Waals surface area contributed by atoms with Crippen LogP contribution in [0, 0.1) is 0 Å². The molecule has 9 heteroatoms. The Kier molecular flexibility index (Phi) is 5.48. The van der Waals surface area contributed by atoms with Gasteiger partial charge in [0.05, 0.1) is 17.2 Å². The first-order valence-corrected chi connectivity index (χ1v) is 9.75. The maximum Gasteiger partial charge on any atom is 0.261 e. The van der Waals surface area contributed by atoms with E-state index < -0.39 is 0 Å². The molecule has 0 aliphatic carbocycles. The minimum absolute atomic E-state index is 0.141. The van der Waals surface area contributed by atoms with Crippen LogP contribution in [-0.2, 0) is 24.3 Å². The zero-order valence-corrected chi connectivity index (χ0v) is 16.9. The second kappa shape index (κ2) is 8.36. The number of pyridine rings is 1. The van der Waals surface area contributed by atoms with Crippen LogP contribution in [0.2, 0.25) is 0 Å². The van der Waals surface area contributed by atoms with E-state index in [0.29, 0.717) is 23.3 Å². The Morgan fingerprint density at radius 3 is 2.79 bits per heavy atom. The zero-order valence-electron chi connectivity index (χ0n) is 15.3. The van der Waals surface area contributed by atoms with Crippen LogP contribution in [0.4, 0.5) is 5.82 Å². The van der Waals surface area contributed by atoms with E-state index in [4.69, 9.17) is 0 Å². The summed E-state index contributed by atoms with van der Waals surface area (Å²) in [6.45, 7) is 0.543. The third kappa shape index (κ3) is 4.57. The molecule has 0 saturated carbocycles. The van der Waals surface area contributed by atoms with Crippen molar-refractivity contribution in [3.63, 3.8) is 0 Å². The average molecular weight is 453 g/mol. The summed E-state index contributed by atoms with van der Waals surface area (Å²) in [4.78, 5) is 33.2. The SMILES string of the molecule is O=C(Cn1cnc2ccc(Br)cc2c1=O)Nc1ccn(CCc2ccncc2)n1. The lowest BCUT2D eigenvalue weighted by atomic mass is 10.2. The molecule has 1 N–H and O–H groups in total. The highest BCUT2D eigenvalue weighted by Crippen LogP contribution is 2.14. The molecule has 4 rings (SSSR count). The maximum absolute atomic E-state index is 12.6. The standard InChI is InChI=1S/C20H17BrN6O2/c21-15-1-2-17-16(11-15)20(29)26(13-23-17)12-19(28)24-18-6-10-27(25-18)9-5-14-3-7-22-8-4-14/h1-4,6-8,10-11,13H,5,9,12H2,(H,24,25,28). The van der Waals surface area contributed by atoms with E-state index in [2.05, 4.69) is 36.3 Å². The van der Waals surface area contributed by atoms with Crippen LogP contribution in [-0.4, -0.2) is 30.2 Å². The maximum atomic E-state index is 12.6. The summed E-state index contributed by atoms with van der Waals surface area (Å²) in [5.41, 5.74) is 1.48. The molecule has 29 heavy (non-hydrogen) atoms. The minimum atomic E-state index is -0.345. The number of aryl methyl sites for hydroxylation is 2. The summed E-state index contributed by atoms with van der Waals surface area (Å²) in [6, 6.07) is 10.9. The van der Waals surface area contributed by atoms with Crippen molar-refractivity contribution in [2.24, 2.45) is 0 Å². The number of hydrogen-bond acceptors (Lipinski definition) is 5. The molecule has 0 unspecified atom stereocenters. The minimum Gasteiger partial charge on any atom is -0.308 e. The van der Waals surface area contributed by atoms with Crippen LogP contribution < -0.4 is 10.9 Å². The van der Waals surface area contributed by atoms with Crippen LogP contribution in [0.1, 0.15) is 5.56 Å². The molecule has 4 aromatic rings. The molecule has 3 heterocycles. The molecule has 0 radical (unpaired) electrons. The van der Waals surface area contributed by atoms with E-state index >= 15 is 0 Å². The van der Waals surface area contributed by atoms with Gasteiger partial charge in [0, 0.05) is 35.7 Å². The number of carbonyl (C=O) groups excluding carboxylic acids is 1. The van der Waals surface area contributed by atoms with Gasteiger partial charge in [-0.15, -0.1) is 0 Å². The largest absolute Gasteiger partial charge is 0.308 e. The van der Waals surface area contributed by atoms with Crippen LogP contribution in [0.25, 0.3) is 10.9 Å². The van der Waals surface area contributed by atoms with Crippen LogP contribution >= 0.6 is 15.9 Å². The number of hydrogen-bond donors (Lipinski definition) is 1. The van der Waals surface area contributed by atoms with E-state index in [1.54, 1.807) is 41.5 Å². The van der Waals surface area contributed by atoms with Gasteiger partial charge in [0.15, 0.2) is 5.82 Å². The molecule has 0 fully saturated rings. The first kappa shape index (κ1) is 19.0. The Morgan fingerprint density at radius 1 is 1.14 bits per heavy atom. The van der Waals surface area contributed by atoms with E-state index in [1.165, 1.54) is 10.9 Å². The summed E-state index contributed by atoms with van der Waals surface area (Å²) in [5.74, 6) is 0.0944. The normalized spacial score (nSPS) is 10.9. The lowest BCUT2D eigenvalue weighted by Crippen LogP contribution is -2.28. The summed E-state index contributed by atoms with van der Waals surface area (Å²) in [5, 5.41) is 7.52. The summed E-state index contributed by atoms with van der Waals surface area (Å²) < 4.78 is 3.82. The Balaban J connectivity index is 1.40. The first-order valence-electron chi connectivity index (χ1n) is 8.95. The fourth-order valence-corrected chi connectivity index (χ4v) is 3.29. The van der Waals surface area contributed by atoms with Gasteiger partial charge in [-0.2, -0.15) is 5.10 Å². The number of anilines is 1. The first-order chi connectivity index (χ1) is 14.1. The smallest absolute Gasteiger partial charge is 0.261 e. The van der Waals surface area contributed by atoms with Gasteiger partial charge in [-0.3, -0.25) is 23.8 Å². The second-order valence-electron chi connectivity index (χ2n) is 6.46. The van der Waals surface area contributed by atoms with Crippen molar-refractivity contribution in [2.75, 3.05) is 5.32 Å². The van der Waals surface area contributed by atoms with Crippen molar-refractivity contribution in [1.82, 2.24) is 24.3 Å². The molecule has 3 aromatic heterocycles. The fourth-order valence-electron chi connectivity index (χ4n) is 2.93. The Bertz CT molecular complexity index is 1220. The molecule has 0 aliphatic rings. The number of rotatable bonds is 6. The molecule has 1 amide bonds.